The molecule has 3 N–H and O–H groups in total. The topological polar surface area (TPSA) is 113 Å². The molecule has 1 saturated carbocycles. The van der Waals surface area contributed by atoms with Crippen LogP contribution in [-0.4, -0.2) is 31.2 Å². The number of aromatic nitrogens is 5. The number of hydrogen-bond acceptors (Lipinski definition) is 7. The summed E-state index contributed by atoms with van der Waals surface area (Å²) in [6, 6.07) is 10.8. The molecule has 0 spiro atoms. The molecule has 152 valence electrons. The Morgan fingerprint density at radius 3 is 2.77 bits per heavy atom. The predicted octanol–water partition coefficient (Wildman–Crippen LogP) is 2.72. The summed E-state index contributed by atoms with van der Waals surface area (Å²) in [6.45, 7) is 0.670. The summed E-state index contributed by atoms with van der Waals surface area (Å²) < 4.78 is 8.43. The molecular weight excluding hydrogens is 382 g/mol. The lowest BCUT2D eigenvalue weighted by Crippen LogP contribution is -2.24. The third-order valence-electron chi connectivity index (χ3n) is 5.14. The first-order chi connectivity index (χ1) is 14.6. The van der Waals surface area contributed by atoms with Gasteiger partial charge in [0.25, 0.3) is 0 Å². The predicted molar refractivity (Wildman–Crippen MR) is 114 cm³/mol. The summed E-state index contributed by atoms with van der Waals surface area (Å²) >= 11 is 0. The number of hydrogen-bond donors (Lipinski definition) is 2. The molecule has 1 aliphatic carbocycles. The molecule has 3 aromatic heterocycles. The van der Waals surface area contributed by atoms with E-state index in [1.165, 1.54) is 0 Å². The Morgan fingerprint density at radius 1 is 1.20 bits per heavy atom. The Kier molecular flexibility index (Phi) is 4.35. The van der Waals surface area contributed by atoms with Crippen LogP contribution in [0, 0.1) is 5.92 Å². The van der Waals surface area contributed by atoms with Crippen LogP contribution >= 0.6 is 0 Å². The molecule has 0 bridgehead atoms. The second kappa shape index (κ2) is 7.18. The van der Waals surface area contributed by atoms with E-state index in [4.69, 9.17) is 10.5 Å². The van der Waals surface area contributed by atoms with Crippen LogP contribution in [0.3, 0.4) is 0 Å². The maximum absolute atomic E-state index is 13.3. The average Bonchev–Trinajstić information content (AvgIpc) is 3.53. The summed E-state index contributed by atoms with van der Waals surface area (Å²) in [5, 5.41) is 3.13. The van der Waals surface area contributed by atoms with Gasteiger partial charge in [-0.1, -0.05) is 6.07 Å². The van der Waals surface area contributed by atoms with Crippen molar-refractivity contribution in [3.05, 3.63) is 59.3 Å². The van der Waals surface area contributed by atoms with Crippen LogP contribution in [0.15, 0.2) is 53.6 Å². The van der Waals surface area contributed by atoms with E-state index in [9.17, 15) is 4.79 Å². The Labute approximate surface area is 172 Å². The molecule has 0 saturated heterocycles. The zero-order valence-corrected chi connectivity index (χ0v) is 16.4. The number of nitrogen functional groups attached to an aromatic ring is 1. The molecular formula is C21H21N7O2. The van der Waals surface area contributed by atoms with Crippen molar-refractivity contribution in [2.45, 2.75) is 19.4 Å². The number of rotatable bonds is 6. The highest BCUT2D eigenvalue weighted by Gasteiger charge is 2.26. The minimum atomic E-state index is -0.139. The molecule has 1 aromatic carbocycles. The summed E-state index contributed by atoms with van der Waals surface area (Å²) in [6.07, 6.45) is 5.61. The molecule has 0 atom stereocenters. The monoisotopic (exact) mass is 403 g/mol. The average molecular weight is 403 g/mol. The number of methoxy groups -OCH3 is 1. The second-order valence-corrected chi connectivity index (χ2v) is 7.38. The molecule has 9 nitrogen and oxygen atoms in total. The molecule has 0 aliphatic heterocycles. The number of benzene rings is 1. The summed E-state index contributed by atoms with van der Waals surface area (Å²) in [5.74, 6) is 1.42. The summed E-state index contributed by atoms with van der Waals surface area (Å²) in [5.41, 5.74) is 9.03. The number of nitrogens with one attached hydrogen (secondary N) is 1. The molecule has 0 unspecified atom stereocenters. The number of anilines is 3. The highest BCUT2D eigenvalue weighted by Crippen LogP contribution is 2.31. The molecule has 0 amide bonds. The van der Waals surface area contributed by atoms with Gasteiger partial charge in [0.2, 0.25) is 11.8 Å². The zero-order chi connectivity index (χ0) is 20.7. The van der Waals surface area contributed by atoms with Gasteiger partial charge in [-0.05, 0) is 43.0 Å². The largest absolute Gasteiger partial charge is 0.481 e. The lowest BCUT2D eigenvalue weighted by atomic mass is 10.3. The lowest BCUT2D eigenvalue weighted by Gasteiger charge is -2.07. The van der Waals surface area contributed by atoms with E-state index >= 15 is 0 Å². The minimum Gasteiger partial charge on any atom is -0.481 e. The van der Waals surface area contributed by atoms with Crippen LogP contribution in [0.5, 0.6) is 5.88 Å². The lowest BCUT2D eigenvalue weighted by molar-refractivity contribution is 0.398. The van der Waals surface area contributed by atoms with Crippen molar-refractivity contribution in [3.8, 4) is 11.6 Å². The van der Waals surface area contributed by atoms with Crippen molar-refractivity contribution in [3.63, 3.8) is 0 Å². The van der Waals surface area contributed by atoms with Gasteiger partial charge in [0.05, 0.1) is 30.9 Å². The van der Waals surface area contributed by atoms with Gasteiger partial charge in [-0.3, -0.25) is 4.57 Å². The number of imidazole rings is 1. The van der Waals surface area contributed by atoms with E-state index in [0.29, 0.717) is 52.5 Å². The second-order valence-electron chi connectivity index (χ2n) is 7.38. The Bertz CT molecular complexity index is 1270. The Morgan fingerprint density at radius 2 is 2.07 bits per heavy atom. The number of nitrogens with zero attached hydrogens (tertiary/aromatic N) is 5. The van der Waals surface area contributed by atoms with Gasteiger partial charge in [-0.15, -0.1) is 0 Å². The van der Waals surface area contributed by atoms with Crippen LogP contribution in [-0.2, 0) is 6.54 Å². The smallest absolute Gasteiger partial charge is 0.335 e. The summed E-state index contributed by atoms with van der Waals surface area (Å²) in [4.78, 5) is 26.5. The molecule has 4 aromatic rings. The molecule has 0 radical (unpaired) electrons. The SMILES string of the molecule is COc1ccc(Nc2ncc3c(n2)n(-c2cccc(N)c2)c(=O)n3CC2CC2)cn1. The maximum Gasteiger partial charge on any atom is 0.335 e. The van der Waals surface area contributed by atoms with Crippen molar-refractivity contribution in [1.29, 1.82) is 0 Å². The van der Waals surface area contributed by atoms with E-state index in [2.05, 4.69) is 20.3 Å². The van der Waals surface area contributed by atoms with Crippen LogP contribution in [0.1, 0.15) is 12.8 Å². The third-order valence-corrected chi connectivity index (χ3v) is 5.14. The fourth-order valence-corrected chi connectivity index (χ4v) is 3.43. The van der Waals surface area contributed by atoms with Gasteiger partial charge in [-0.25, -0.2) is 19.3 Å². The first-order valence-corrected chi connectivity index (χ1v) is 9.73. The van der Waals surface area contributed by atoms with Gasteiger partial charge < -0.3 is 15.8 Å². The standard InChI is InChI=1S/C21H21N7O2/c1-30-18-8-7-15(10-23-18)25-20-24-11-17-19(26-20)28(16-4-2-3-14(22)9-16)21(29)27(17)12-13-5-6-13/h2-4,7-11,13H,5-6,12,22H2,1H3,(H,24,25,26). The number of nitrogens with two attached hydrogens (primary N) is 1. The van der Waals surface area contributed by atoms with Crippen molar-refractivity contribution in [1.82, 2.24) is 24.1 Å². The Hall–Kier alpha value is -3.88. The molecule has 5 rings (SSSR count). The fourth-order valence-electron chi connectivity index (χ4n) is 3.43. The molecule has 3 heterocycles. The van der Waals surface area contributed by atoms with Crippen molar-refractivity contribution in [2.24, 2.45) is 5.92 Å². The Balaban J connectivity index is 1.61. The highest BCUT2D eigenvalue weighted by atomic mass is 16.5. The third kappa shape index (κ3) is 3.34. The van der Waals surface area contributed by atoms with Crippen molar-refractivity contribution in [2.75, 3.05) is 18.2 Å². The minimum absolute atomic E-state index is 0.139. The first kappa shape index (κ1) is 18.2. The van der Waals surface area contributed by atoms with Gasteiger partial charge in [-0.2, -0.15) is 4.98 Å². The molecule has 1 aliphatic rings. The van der Waals surface area contributed by atoms with Crippen molar-refractivity contribution < 1.29 is 4.74 Å². The molecule has 9 heteroatoms. The van der Waals surface area contributed by atoms with Crippen LogP contribution < -0.4 is 21.5 Å². The fraction of sp³-hybridized carbons (Fsp3) is 0.238. The number of pyridine rings is 1. The van der Waals surface area contributed by atoms with Gasteiger partial charge in [0, 0.05) is 18.3 Å². The van der Waals surface area contributed by atoms with Crippen LogP contribution in [0.4, 0.5) is 17.3 Å². The molecule has 30 heavy (non-hydrogen) atoms. The maximum atomic E-state index is 13.3. The normalized spacial score (nSPS) is 13.5. The van der Waals surface area contributed by atoms with Crippen molar-refractivity contribution >= 4 is 28.5 Å². The van der Waals surface area contributed by atoms with Gasteiger partial charge >= 0.3 is 5.69 Å². The van der Waals surface area contributed by atoms with E-state index in [0.717, 1.165) is 12.8 Å². The summed E-state index contributed by atoms with van der Waals surface area (Å²) in [7, 11) is 1.56. The first-order valence-electron chi connectivity index (χ1n) is 9.73. The highest BCUT2D eigenvalue weighted by molar-refractivity contribution is 5.75. The number of ether oxygens (including phenoxy) is 1. The van der Waals surface area contributed by atoms with E-state index in [-0.39, 0.29) is 5.69 Å². The van der Waals surface area contributed by atoms with Crippen LogP contribution in [0.2, 0.25) is 0 Å². The van der Waals surface area contributed by atoms with Crippen LogP contribution in [0.25, 0.3) is 16.9 Å². The van der Waals surface area contributed by atoms with E-state index in [1.54, 1.807) is 46.8 Å². The molecule has 1 fully saturated rings. The number of fused-ring (bicyclic) bond motifs is 1. The quantitative estimate of drug-likeness (QED) is 0.476. The van der Waals surface area contributed by atoms with Gasteiger partial charge in [0.1, 0.15) is 5.52 Å². The van der Waals surface area contributed by atoms with E-state index in [1.807, 2.05) is 18.2 Å². The van der Waals surface area contributed by atoms with Gasteiger partial charge in [0.15, 0.2) is 5.65 Å². The zero-order valence-electron chi connectivity index (χ0n) is 16.4. The van der Waals surface area contributed by atoms with E-state index < -0.39 is 0 Å².